The minimum atomic E-state index is 0.237. The Hall–Kier alpha value is -0.860. The molecule has 3 heteroatoms. The molecule has 0 aromatic carbocycles. The van der Waals surface area contributed by atoms with Crippen molar-refractivity contribution in [2.75, 3.05) is 13.6 Å². The Morgan fingerprint density at radius 3 is 1.75 bits per heavy atom. The van der Waals surface area contributed by atoms with Crippen molar-refractivity contribution in [2.45, 2.75) is 129 Å². The van der Waals surface area contributed by atoms with Crippen molar-refractivity contribution < 1.29 is 9.59 Å². The summed E-state index contributed by atoms with van der Waals surface area (Å²) in [4.78, 5) is 25.3. The topological polar surface area (TPSA) is 37.4 Å². The zero-order valence-electron chi connectivity index (χ0n) is 19.4. The van der Waals surface area contributed by atoms with Crippen LogP contribution in [-0.4, -0.2) is 30.7 Å². The maximum atomic E-state index is 13.0. The van der Waals surface area contributed by atoms with Gasteiger partial charge < -0.3 is 9.69 Å². The predicted molar refractivity (Wildman–Crippen MR) is 122 cm³/mol. The van der Waals surface area contributed by atoms with E-state index in [4.69, 9.17) is 0 Å². The van der Waals surface area contributed by atoms with E-state index in [1.165, 1.54) is 70.6 Å². The summed E-state index contributed by atoms with van der Waals surface area (Å²) in [6.07, 6.45) is 22.2. The van der Waals surface area contributed by atoms with Crippen LogP contribution in [0.4, 0.5) is 0 Å². The fourth-order valence-electron chi connectivity index (χ4n) is 3.91. The minimum absolute atomic E-state index is 0.237. The highest BCUT2D eigenvalue weighted by molar-refractivity contribution is 5.78. The average Bonchev–Trinajstić information content (AvgIpc) is 2.70. The first-order valence-corrected chi connectivity index (χ1v) is 12.4. The Labute approximate surface area is 176 Å². The molecule has 0 spiro atoms. The van der Waals surface area contributed by atoms with Crippen LogP contribution in [0.1, 0.15) is 129 Å². The van der Waals surface area contributed by atoms with Gasteiger partial charge in [0.15, 0.2) is 0 Å². The fourth-order valence-corrected chi connectivity index (χ4v) is 3.91. The maximum absolute atomic E-state index is 13.0. The van der Waals surface area contributed by atoms with Gasteiger partial charge in [-0.1, -0.05) is 97.3 Å². The smallest absolute Gasteiger partial charge is 0.225 e. The third-order valence-corrected chi connectivity index (χ3v) is 5.85. The zero-order chi connectivity index (χ0) is 20.9. The number of hydrogen-bond acceptors (Lipinski definition) is 2. The van der Waals surface area contributed by atoms with E-state index in [1.807, 2.05) is 11.9 Å². The molecule has 1 unspecified atom stereocenters. The molecular formula is C25H49NO2. The van der Waals surface area contributed by atoms with Crippen molar-refractivity contribution in [1.29, 1.82) is 0 Å². The summed E-state index contributed by atoms with van der Waals surface area (Å²) in [6.45, 7) is 5.38. The van der Waals surface area contributed by atoms with Gasteiger partial charge in [0, 0.05) is 25.9 Å². The van der Waals surface area contributed by atoms with Gasteiger partial charge in [0.25, 0.3) is 0 Å². The van der Waals surface area contributed by atoms with E-state index < -0.39 is 0 Å². The van der Waals surface area contributed by atoms with Crippen LogP contribution in [0.25, 0.3) is 0 Å². The molecule has 0 saturated carbocycles. The molecule has 0 radical (unpaired) electrons. The van der Waals surface area contributed by atoms with Gasteiger partial charge in [-0.2, -0.15) is 0 Å². The first-order chi connectivity index (χ1) is 13.7. The van der Waals surface area contributed by atoms with E-state index in [1.54, 1.807) is 0 Å². The van der Waals surface area contributed by atoms with E-state index in [9.17, 15) is 9.59 Å². The van der Waals surface area contributed by atoms with Crippen molar-refractivity contribution in [3.05, 3.63) is 0 Å². The number of rotatable bonds is 21. The molecule has 3 nitrogen and oxygen atoms in total. The van der Waals surface area contributed by atoms with Crippen LogP contribution in [0.5, 0.6) is 0 Å². The van der Waals surface area contributed by atoms with E-state index in [2.05, 4.69) is 13.8 Å². The number of aldehydes is 1. The van der Waals surface area contributed by atoms with Crippen molar-refractivity contribution >= 4 is 12.2 Å². The summed E-state index contributed by atoms with van der Waals surface area (Å²) in [6, 6.07) is 0. The molecule has 0 aromatic heterocycles. The molecule has 0 aliphatic heterocycles. The molecule has 1 amide bonds. The van der Waals surface area contributed by atoms with Gasteiger partial charge in [0.1, 0.15) is 6.29 Å². The van der Waals surface area contributed by atoms with Gasteiger partial charge in [0.2, 0.25) is 5.91 Å². The van der Waals surface area contributed by atoms with E-state index in [0.29, 0.717) is 12.3 Å². The van der Waals surface area contributed by atoms with Crippen LogP contribution in [0.3, 0.4) is 0 Å². The molecule has 28 heavy (non-hydrogen) atoms. The highest BCUT2D eigenvalue weighted by Crippen LogP contribution is 2.21. The van der Waals surface area contributed by atoms with Crippen LogP contribution >= 0.6 is 0 Å². The maximum Gasteiger partial charge on any atom is 0.225 e. The molecule has 0 fully saturated rings. The van der Waals surface area contributed by atoms with E-state index >= 15 is 0 Å². The van der Waals surface area contributed by atoms with Crippen molar-refractivity contribution in [2.24, 2.45) is 5.92 Å². The quantitative estimate of drug-likeness (QED) is 0.151. The van der Waals surface area contributed by atoms with E-state index in [-0.39, 0.29) is 5.92 Å². The molecule has 1 atom stereocenters. The monoisotopic (exact) mass is 395 g/mol. The lowest BCUT2D eigenvalue weighted by atomic mass is 9.93. The molecule has 166 valence electrons. The van der Waals surface area contributed by atoms with Crippen LogP contribution < -0.4 is 0 Å². The number of carbonyl (C=O) groups is 2. The number of amides is 1. The molecule has 0 aliphatic rings. The lowest BCUT2D eigenvalue weighted by Crippen LogP contribution is -2.33. The van der Waals surface area contributed by atoms with Crippen LogP contribution in [0, 0.1) is 5.92 Å². The lowest BCUT2D eigenvalue weighted by molar-refractivity contribution is -0.134. The van der Waals surface area contributed by atoms with E-state index in [0.717, 1.165) is 51.4 Å². The van der Waals surface area contributed by atoms with Crippen LogP contribution in [0.15, 0.2) is 0 Å². The first-order valence-electron chi connectivity index (χ1n) is 12.4. The normalized spacial score (nSPS) is 12.1. The summed E-state index contributed by atoms with van der Waals surface area (Å²) in [5.74, 6) is 0.617. The second-order valence-electron chi connectivity index (χ2n) is 8.59. The Bertz CT molecular complexity index is 356. The lowest BCUT2D eigenvalue weighted by Gasteiger charge is -2.24. The standard InChI is InChI=1S/C25H49NO2/c1-4-6-8-10-13-17-21-24(20-16-9-7-5-2)25(28)26(3)22-18-14-11-12-15-19-23-27/h23-24H,4-22H2,1-3H3. The minimum Gasteiger partial charge on any atom is -0.346 e. The van der Waals surface area contributed by atoms with Crippen LogP contribution in [0.2, 0.25) is 0 Å². The predicted octanol–water partition coefficient (Wildman–Crippen LogP) is 7.32. The van der Waals surface area contributed by atoms with Gasteiger partial charge in [-0.3, -0.25) is 4.79 Å². The van der Waals surface area contributed by atoms with Crippen molar-refractivity contribution in [3.63, 3.8) is 0 Å². The molecule has 0 rings (SSSR count). The summed E-state index contributed by atoms with van der Waals surface area (Å²) in [7, 11) is 2.00. The zero-order valence-corrected chi connectivity index (χ0v) is 19.4. The van der Waals surface area contributed by atoms with Crippen molar-refractivity contribution in [1.82, 2.24) is 4.90 Å². The Morgan fingerprint density at radius 1 is 0.714 bits per heavy atom. The van der Waals surface area contributed by atoms with Gasteiger partial charge in [-0.15, -0.1) is 0 Å². The molecular weight excluding hydrogens is 346 g/mol. The van der Waals surface area contributed by atoms with Gasteiger partial charge >= 0.3 is 0 Å². The molecule has 0 aliphatic carbocycles. The molecule has 0 heterocycles. The second kappa shape index (κ2) is 20.9. The molecule has 0 bridgehead atoms. The number of unbranched alkanes of at least 4 members (excludes halogenated alkanes) is 13. The number of hydrogen-bond donors (Lipinski definition) is 0. The third kappa shape index (κ3) is 16.1. The Morgan fingerprint density at radius 2 is 1.18 bits per heavy atom. The summed E-state index contributed by atoms with van der Waals surface area (Å²) < 4.78 is 0. The molecule has 0 aromatic rings. The second-order valence-corrected chi connectivity index (χ2v) is 8.59. The van der Waals surface area contributed by atoms with Gasteiger partial charge in [-0.25, -0.2) is 0 Å². The largest absolute Gasteiger partial charge is 0.346 e. The summed E-state index contributed by atoms with van der Waals surface area (Å²) in [5, 5.41) is 0. The first kappa shape index (κ1) is 27.1. The van der Waals surface area contributed by atoms with Crippen LogP contribution in [-0.2, 0) is 9.59 Å². The molecule has 0 N–H and O–H groups in total. The van der Waals surface area contributed by atoms with Crippen molar-refractivity contribution in [3.8, 4) is 0 Å². The van der Waals surface area contributed by atoms with Gasteiger partial charge in [0.05, 0.1) is 0 Å². The number of carbonyl (C=O) groups excluding carboxylic acids is 2. The third-order valence-electron chi connectivity index (χ3n) is 5.85. The highest BCUT2D eigenvalue weighted by atomic mass is 16.2. The van der Waals surface area contributed by atoms with Gasteiger partial charge in [-0.05, 0) is 25.7 Å². The Kier molecular flexibility index (Phi) is 20.2. The fraction of sp³-hybridized carbons (Fsp3) is 0.920. The number of nitrogens with zero attached hydrogens (tertiary/aromatic N) is 1. The Balaban J connectivity index is 4.16. The summed E-state index contributed by atoms with van der Waals surface area (Å²) in [5.41, 5.74) is 0. The summed E-state index contributed by atoms with van der Waals surface area (Å²) >= 11 is 0. The SMILES string of the molecule is CCCCCCCCC(CCCCCC)C(=O)N(C)CCCCCCCC=O. The molecule has 0 saturated heterocycles. The highest BCUT2D eigenvalue weighted by Gasteiger charge is 2.21. The average molecular weight is 396 g/mol.